The maximum Gasteiger partial charge on any atom is 0.119 e. The predicted molar refractivity (Wildman–Crippen MR) is 82.1 cm³/mol. The number of ether oxygens (including phenoxy) is 1. The monoisotopic (exact) mass is 270 g/mol. The summed E-state index contributed by atoms with van der Waals surface area (Å²) in [6.45, 7) is 0.840. The molecule has 0 atom stereocenters. The van der Waals surface area contributed by atoms with Crippen LogP contribution in [0.25, 0.3) is 0 Å². The normalized spacial score (nSPS) is 15.4. The number of aromatic nitrogens is 1. The van der Waals surface area contributed by atoms with Crippen molar-refractivity contribution in [1.82, 2.24) is 4.57 Å². The smallest absolute Gasteiger partial charge is 0.119 e. The molecule has 1 aliphatic rings. The number of nitrogens with one attached hydrogen (secondary N) is 1. The van der Waals surface area contributed by atoms with E-state index >= 15 is 0 Å². The lowest BCUT2D eigenvalue weighted by molar-refractivity contribution is 0.210. The van der Waals surface area contributed by atoms with Gasteiger partial charge in [0, 0.05) is 24.6 Å². The van der Waals surface area contributed by atoms with Gasteiger partial charge in [0.05, 0.1) is 12.6 Å². The van der Waals surface area contributed by atoms with Crippen LogP contribution in [-0.2, 0) is 13.6 Å². The van der Waals surface area contributed by atoms with Gasteiger partial charge in [-0.15, -0.1) is 0 Å². The highest BCUT2D eigenvalue weighted by Gasteiger charge is 2.16. The molecule has 0 spiro atoms. The van der Waals surface area contributed by atoms with Gasteiger partial charge in [-0.05, 0) is 62.1 Å². The molecule has 1 aromatic heterocycles. The summed E-state index contributed by atoms with van der Waals surface area (Å²) in [6, 6.07) is 12.5. The predicted octanol–water partition coefficient (Wildman–Crippen LogP) is 3.96. The molecule has 2 aromatic rings. The van der Waals surface area contributed by atoms with Crippen LogP contribution in [-0.4, -0.2) is 10.7 Å². The number of aryl methyl sites for hydroxylation is 1. The van der Waals surface area contributed by atoms with Crippen molar-refractivity contribution < 1.29 is 4.74 Å². The number of benzene rings is 1. The lowest BCUT2D eigenvalue weighted by atomic mass is 10.2. The summed E-state index contributed by atoms with van der Waals surface area (Å²) < 4.78 is 8.10. The van der Waals surface area contributed by atoms with Gasteiger partial charge in [0.1, 0.15) is 5.75 Å². The summed E-state index contributed by atoms with van der Waals surface area (Å²) in [4.78, 5) is 0. The molecular weight excluding hydrogens is 248 g/mol. The van der Waals surface area contributed by atoms with Crippen molar-refractivity contribution in [2.45, 2.75) is 38.3 Å². The molecule has 3 rings (SSSR count). The second-order valence-electron chi connectivity index (χ2n) is 5.51. The molecule has 0 unspecified atom stereocenters. The van der Waals surface area contributed by atoms with Gasteiger partial charge in [-0.2, -0.15) is 0 Å². The zero-order valence-electron chi connectivity index (χ0n) is 12.0. The molecule has 106 valence electrons. The fourth-order valence-electron chi connectivity index (χ4n) is 2.72. The van der Waals surface area contributed by atoms with Crippen LogP contribution in [0.1, 0.15) is 31.4 Å². The van der Waals surface area contributed by atoms with Crippen LogP contribution in [0.5, 0.6) is 5.75 Å². The second-order valence-corrected chi connectivity index (χ2v) is 5.51. The summed E-state index contributed by atoms with van der Waals surface area (Å²) in [5.74, 6) is 0.987. The summed E-state index contributed by atoms with van der Waals surface area (Å²) in [5.41, 5.74) is 2.40. The average molecular weight is 270 g/mol. The van der Waals surface area contributed by atoms with Crippen LogP contribution in [0.3, 0.4) is 0 Å². The fraction of sp³-hybridized carbons (Fsp3) is 0.412. The molecule has 1 aromatic carbocycles. The molecule has 0 amide bonds. The first-order valence-electron chi connectivity index (χ1n) is 7.42. The Morgan fingerprint density at radius 3 is 2.55 bits per heavy atom. The highest BCUT2D eigenvalue weighted by Crippen LogP contribution is 2.25. The third kappa shape index (κ3) is 3.16. The Bertz CT molecular complexity index is 538. The average Bonchev–Trinajstić information content (AvgIpc) is 3.10. The van der Waals surface area contributed by atoms with E-state index < -0.39 is 0 Å². The van der Waals surface area contributed by atoms with E-state index in [1.54, 1.807) is 0 Å². The minimum atomic E-state index is 0.428. The van der Waals surface area contributed by atoms with Gasteiger partial charge in [-0.25, -0.2) is 0 Å². The summed E-state index contributed by atoms with van der Waals surface area (Å²) in [6.07, 6.45) is 7.51. The number of nitrogens with zero attached hydrogens (tertiary/aromatic N) is 1. The molecule has 0 radical (unpaired) electrons. The molecule has 0 bridgehead atoms. The third-order valence-electron chi connectivity index (χ3n) is 3.98. The van der Waals surface area contributed by atoms with Crippen molar-refractivity contribution in [1.29, 1.82) is 0 Å². The van der Waals surface area contributed by atoms with Crippen molar-refractivity contribution in [2.75, 3.05) is 5.32 Å². The number of anilines is 1. The van der Waals surface area contributed by atoms with Crippen molar-refractivity contribution in [3.8, 4) is 5.75 Å². The van der Waals surface area contributed by atoms with Crippen molar-refractivity contribution in [2.24, 2.45) is 7.05 Å². The SMILES string of the molecule is Cn1cccc1CNc1ccc(OC2CCCC2)cc1. The largest absolute Gasteiger partial charge is 0.490 e. The van der Waals surface area contributed by atoms with Crippen molar-refractivity contribution in [3.63, 3.8) is 0 Å². The quantitative estimate of drug-likeness (QED) is 0.890. The topological polar surface area (TPSA) is 26.2 Å². The van der Waals surface area contributed by atoms with Gasteiger partial charge >= 0.3 is 0 Å². The summed E-state index contributed by atoms with van der Waals surface area (Å²) >= 11 is 0. The van der Waals surface area contributed by atoms with Gasteiger partial charge in [0.2, 0.25) is 0 Å². The first kappa shape index (κ1) is 13.1. The standard InChI is InChI=1S/C17H22N2O/c1-19-12-4-5-15(19)13-18-14-8-10-17(11-9-14)20-16-6-2-3-7-16/h4-5,8-12,16,18H,2-3,6-7,13H2,1H3. The molecule has 3 nitrogen and oxygen atoms in total. The van der Waals surface area contributed by atoms with Crippen LogP contribution in [0.2, 0.25) is 0 Å². The summed E-state index contributed by atoms with van der Waals surface area (Å²) in [7, 11) is 2.07. The number of hydrogen-bond donors (Lipinski definition) is 1. The molecule has 1 N–H and O–H groups in total. The number of rotatable bonds is 5. The van der Waals surface area contributed by atoms with Crippen molar-refractivity contribution >= 4 is 5.69 Å². The Hall–Kier alpha value is -1.90. The minimum Gasteiger partial charge on any atom is -0.490 e. The van der Waals surface area contributed by atoms with Crippen LogP contribution in [0.4, 0.5) is 5.69 Å². The van der Waals surface area contributed by atoms with E-state index in [9.17, 15) is 0 Å². The maximum atomic E-state index is 5.97. The maximum absolute atomic E-state index is 5.97. The zero-order valence-corrected chi connectivity index (χ0v) is 12.0. The molecule has 0 saturated heterocycles. The molecule has 1 aliphatic carbocycles. The first-order chi connectivity index (χ1) is 9.81. The zero-order chi connectivity index (χ0) is 13.8. The Kier molecular flexibility index (Phi) is 3.95. The van der Waals surface area contributed by atoms with E-state index in [0.717, 1.165) is 18.0 Å². The van der Waals surface area contributed by atoms with Crippen LogP contribution >= 0.6 is 0 Å². The van der Waals surface area contributed by atoms with E-state index in [2.05, 4.69) is 59.5 Å². The van der Waals surface area contributed by atoms with Gasteiger partial charge < -0.3 is 14.6 Å². The molecule has 1 fully saturated rings. The minimum absolute atomic E-state index is 0.428. The highest BCUT2D eigenvalue weighted by atomic mass is 16.5. The Morgan fingerprint density at radius 1 is 1.15 bits per heavy atom. The van der Waals surface area contributed by atoms with E-state index in [-0.39, 0.29) is 0 Å². The van der Waals surface area contributed by atoms with E-state index in [1.165, 1.54) is 31.4 Å². The third-order valence-corrected chi connectivity index (χ3v) is 3.98. The number of hydrogen-bond acceptors (Lipinski definition) is 2. The van der Waals surface area contributed by atoms with Crippen LogP contribution in [0, 0.1) is 0 Å². The molecule has 20 heavy (non-hydrogen) atoms. The lowest BCUT2D eigenvalue weighted by Crippen LogP contribution is -2.10. The molecule has 0 aliphatic heterocycles. The fourth-order valence-corrected chi connectivity index (χ4v) is 2.72. The van der Waals surface area contributed by atoms with E-state index in [4.69, 9.17) is 4.74 Å². The van der Waals surface area contributed by atoms with Gasteiger partial charge in [-0.3, -0.25) is 0 Å². The molecular formula is C17H22N2O. The van der Waals surface area contributed by atoms with E-state index in [1.807, 2.05) is 0 Å². The molecule has 1 heterocycles. The Labute approximate surface area is 120 Å². The molecule has 3 heteroatoms. The van der Waals surface area contributed by atoms with Crippen molar-refractivity contribution in [3.05, 3.63) is 48.3 Å². The van der Waals surface area contributed by atoms with Crippen LogP contribution in [0.15, 0.2) is 42.6 Å². The first-order valence-corrected chi connectivity index (χ1v) is 7.42. The Morgan fingerprint density at radius 2 is 1.90 bits per heavy atom. The van der Waals surface area contributed by atoms with E-state index in [0.29, 0.717) is 6.10 Å². The second kappa shape index (κ2) is 6.04. The van der Waals surface area contributed by atoms with Gasteiger partial charge in [0.15, 0.2) is 0 Å². The summed E-state index contributed by atoms with van der Waals surface area (Å²) in [5, 5.41) is 3.43. The van der Waals surface area contributed by atoms with Gasteiger partial charge in [-0.1, -0.05) is 0 Å². The Balaban J connectivity index is 1.54. The lowest BCUT2D eigenvalue weighted by Gasteiger charge is -2.13. The molecule has 1 saturated carbocycles. The van der Waals surface area contributed by atoms with Crippen LogP contribution < -0.4 is 10.1 Å². The highest BCUT2D eigenvalue weighted by molar-refractivity contribution is 5.46. The van der Waals surface area contributed by atoms with Gasteiger partial charge in [0.25, 0.3) is 0 Å².